The number of Topliss-reactive ketones (excluding diaryl/α,β-unsaturated/α-hetero) is 1. The maximum atomic E-state index is 13.0. The van der Waals surface area contributed by atoms with Crippen molar-refractivity contribution in [1.29, 1.82) is 0 Å². The number of nitrogens with zero attached hydrogens (tertiary/aromatic N) is 1. The maximum absolute atomic E-state index is 13.0. The number of nitro benzene ring substituents is 1. The van der Waals surface area contributed by atoms with Crippen LogP contribution in [0.1, 0.15) is 21.5 Å². The van der Waals surface area contributed by atoms with E-state index >= 15 is 0 Å². The lowest BCUT2D eigenvalue weighted by Gasteiger charge is -2.07. The lowest BCUT2D eigenvalue weighted by Crippen LogP contribution is -1.98. The van der Waals surface area contributed by atoms with Gasteiger partial charge in [0, 0.05) is 18.2 Å². The van der Waals surface area contributed by atoms with Crippen molar-refractivity contribution in [2.24, 2.45) is 0 Å². The van der Waals surface area contributed by atoms with E-state index in [0.29, 0.717) is 22.6 Å². The third-order valence-corrected chi connectivity index (χ3v) is 4.36. The Morgan fingerprint density at radius 1 is 1.03 bits per heavy atom. The Bertz CT molecular complexity index is 1120. The Labute approximate surface area is 165 Å². The highest BCUT2D eigenvalue weighted by atomic mass is 19.1. The highest BCUT2D eigenvalue weighted by molar-refractivity contribution is 6.14. The van der Waals surface area contributed by atoms with Gasteiger partial charge in [0.05, 0.1) is 10.5 Å². The van der Waals surface area contributed by atoms with E-state index in [1.807, 2.05) is 0 Å². The molecule has 7 heteroatoms. The number of ketones is 1. The molecular formula is C22H14FNO5. The lowest BCUT2D eigenvalue weighted by atomic mass is 10.1. The molecule has 0 N–H and O–H groups in total. The van der Waals surface area contributed by atoms with Gasteiger partial charge < -0.3 is 9.47 Å². The molecule has 144 valence electrons. The van der Waals surface area contributed by atoms with Crippen molar-refractivity contribution in [3.8, 4) is 11.5 Å². The van der Waals surface area contributed by atoms with Crippen molar-refractivity contribution in [1.82, 2.24) is 0 Å². The average Bonchev–Trinajstić information content (AvgIpc) is 3.03. The first-order valence-corrected chi connectivity index (χ1v) is 8.69. The van der Waals surface area contributed by atoms with Crippen LogP contribution in [0, 0.1) is 15.9 Å². The molecule has 0 radical (unpaired) electrons. The second kappa shape index (κ2) is 7.55. The second-order valence-electron chi connectivity index (χ2n) is 6.36. The summed E-state index contributed by atoms with van der Waals surface area (Å²) in [5.41, 5.74) is 1.85. The number of non-ortho nitro benzene ring substituents is 1. The molecule has 0 bridgehead atoms. The topological polar surface area (TPSA) is 78.7 Å². The number of hydrogen-bond acceptors (Lipinski definition) is 5. The fourth-order valence-corrected chi connectivity index (χ4v) is 2.85. The Morgan fingerprint density at radius 3 is 2.45 bits per heavy atom. The molecular weight excluding hydrogens is 377 g/mol. The molecule has 6 nitrogen and oxygen atoms in total. The van der Waals surface area contributed by atoms with Crippen molar-refractivity contribution >= 4 is 17.5 Å². The van der Waals surface area contributed by atoms with E-state index in [2.05, 4.69) is 0 Å². The number of allylic oxidation sites excluding steroid dienone is 1. The molecule has 0 amide bonds. The van der Waals surface area contributed by atoms with Gasteiger partial charge in [0.1, 0.15) is 23.9 Å². The number of carbonyl (C=O) groups is 1. The predicted octanol–water partition coefficient (Wildman–Crippen LogP) is 4.93. The molecule has 3 aromatic carbocycles. The Morgan fingerprint density at radius 2 is 1.76 bits per heavy atom. The molecule has 4 rings (SSSR count). The summed E-state index contributed by atoms with van der Waals surface area (Å²) in [7, 11) is 0. The largest absolute Gasteiger partial charge is 0.489 e. The molecule has 0 spiro atoms. The first-order chi connectivity index (χ1) is 14.0. The van der Waals surface area contributed by atoms with Crippen LogP contribution in [0.3, 0.4) is 0 Å². The third kappa shape index (κ3) is 3.98. The van der Waals surface area contributed by atoms with Gasteiger partial charge in [0.15, 0.2) is 5.76 Å². The van der Waals surface area contributed by atoms with Gasteiger partial charge in [-0.15, -0.1) is 0 Å². The number of hydrogen-bond donors (Lipinski definition) is 0. The SMILES string of the molecule is O=C1C(=Cc2ccc(F)cc2)Oc2cc(OCc3ccc([N+](=O)[O-])cc3)ccc21. The van der Waals surface area contributed by atoms with Crippen LogP contribution < -0.4 is 9.47 Å². The Hall–Kier alpha value is -4.00. The van der Waals surface area contributed by atoms with E-state index < -0.39 is 4.92 Å². The fraction of sp³-hybridized carbons (Fsp3) is 0.0455. The summed E-state index contributed by atoms with van der Waals surface area (Å²) in [4.78, 5) is 22.7. The number of carbonyl (C=O) groups excluding carboxylic acids is 1. The van der Waals surface area contributed by atoms with Gasteiger partial charge in [0.25, 0.3) is 5.69 Å². The summed E-state index contributed by atoms with van der Waals surface area (Å²) in [5.74, 6) is 0.414. The zero-order chi connectivity index (χ0) is 20.4. The predicted molar refractivity (Wildman–Crippen MR) is 103 cm³/mol. The molecule has 0 aliphatic carbocycles. The van der Waals surface area contributed by atoms with Crippen LogP contribution in [0.2, 0.25) is 0 Å². The molecule has 0 fully saturated rings. The first-order valence-electron chi connectivity index (χ1n) is 8.69. The lowest BCUT2D eigenvalue weighted by molar-refractivity contribution is -0.384. The molecule has 0 saturated carbocycles. The molecule has 1 aliphatic rings. The summed E-state index contributed by atoms with van der Waals surface area (Å²) in [6.07, 6.45) is 1.55. The van der Waals surface area contributed by atoms with Crippen molar-refractivity contribution in [2.45, 2.75) is 6.61 Å². The van der Waals surface area contributed by atoms with Crippen LogP contribution in [0.5, 0.6) is 11.5 Å². The monoisotopic (exact) mass is 391 g/mol. The quantitative estimate of drug-likeness (QED) is 0.350. The normalized spacial score (nSPS) is 13.8. The van der Waals surface area contributed by atoms with Crippen LogP contribution >= 0.6 is 0 Å². The van der Waals surface area contributed by atoms with E-state index in [-0.39, 0.29) is 29.7 Å². The molecule has 0 atom stereocenters. The minimum Gasteiger partial charge on any atom is -0.489 e. The van der Waals surface area contributed by atoms with Crippen LogP contribution in [0.15, 0.2) is 72.5 Å². The van der Waals surface area contributed by atoms with Crippen molar-refractivity contribution in [2.75, 3.05) is 0 Å². The average molecular weight is 391 g/mol. The molecule has 0 saturated heterocycles. The van der Waals surface area contributed by atoms with E-state index in [9.17, 15) is 19.3 Å². The van der Waals surface area contributed by atoms with E-state index in [0.717, 1.165) is 5.56 Å². The summed E-state index contributed by atoms with van der Waals surface area (Å²) in [6.45, 7) is 0.211. The van der Waals surface area contributed by atoms with Gasteiger partial charge in [-0.3, -0.25) is 14.9 Å². The molecule has 3 aromatic rings. The number of nitro groups is 1. The summed E-state index contributed by atoms with van der Waals surface area (Å²) >= 11 is 0. The standard InChI is InChI=1S/C22H14FNO5/c23-16-5-1-14(2-6-16)11-21-22(25)19-10-9-18(12-20(19)29-21)28-13-15-3-7-17(8-4-15)24(26)27/h1-12H,13H2. The van der Waals surface area contributed by atoms with Crippen molar-refractivity contribution in [3.63, 3.8) is 0 Å². The number of benzene rings is 3. The van der Waals surface area contributed by atoms with Crippen LogP contribution in [0.25, 0.3) is 6.08 Å². The maximum Gasteiger partial charge on any atom is 0.269 e. The van der Waals surface area contributed by atoms with Gasteiger partial charge in [-0.1, -0.05) is 12.1 Å². The number of halogens is 1. The van der Waals surface area contributed by atoms with Crippen LogP contribution in [-0.2, 0) is 6.61 Å². The molecule has 0 aromatic heterocycles. The van der Waals surface area contributed by atoms with Gasteiger partial charge >= 0.3 is 0 Å². The van der Waals surface area contributed by atoms with E-state index in [4.69, 9.17) is 9.47 Å². The minimum atomic E-state index is -0.462. The third-order valence-electron chi connectivity index (χ3n) is 4.36. The molecule has 1 heterocycles. The molecule has 29 heavy (non-hydrogen) atoms. The first kappa shape index (κ1) is 18.4. The van der Waals surface area contributed by atoms with Crippen LogP contribution in [0.4, 0.5) is 10.1 Å². The Kier molecular flexibility index (Phi) is 4.78. The molecule has 0 unspecified atom stereocenters. The zero-order valence-electron chi connectivity index (χ0n) is 15.0. The van der Waals surface area contributed by atoms with Gasteiger partial charge in [-0.05, 0) is 53.6 Å². The van der Waals surface area contributed by atoms with E-state index in [1.54, 1.807) is 48.5 Å². The van der Waals surface area contributed by atoms with Gasteiger partial charge in [-0.2, -0.15) is 0 Å². The Balaban J connectivity index is 1.47. The van der Waals surface area contributed by atoms with Gasteiger partial charge in [0.2, 0.25) is 5.78 Å². The van der Waals surface area contributed by atoms with Gasteiger partial charge in [-0.25, -0.2) is 4.39 Å². The summed E-state index contributed by atoms with van der Waals surface area (Å²) < 4.78 is 24.4. The fourth-order valence-electron chi connectivity index (χ4n) is 2.85. The number of fused-ring (bicyclic) bond motifs is 1. The molecule has 1 aliphatic heterocycles. The van der Waals surface area contributed by atoms with Crippen LogP contribution in [-0.4, -0.2) is 10.7 Å². The highest BCUT2D eigenvalue weighted by Crippen LogP contribution is 2.35. The zero-order valence-corrected chi connectivity index (χ0v) is 15.0. The van der Waals surface area contributed by atoms with Crippen molar-refractivity contribution in [3.05, 3.63) is 105 Å². The highest BCUT2D eigenvalue weighted by Gasteiger charge is 2.27. The summed E-state index contributed by atoms with van der Waals surface area (Å²) in [6, 6.07) is 16.7. The minimum absolute atomic E-state index is 0.0127. The second-order valence-corrected chi connectivity index (χ2v) is 6.36. The van der Waals surface area contributed by atoms with E-state index in [1.165, 1.54) is 24.3 Å². The number of ether oxygens (including phenoxy) is 2. The smallest absolute Gasteiger partial charge is 0.269 e. The summed E-state index contributed by atoms with van der Waals surface area (Å²) in [5, 5.41) is 10.7. The number of rotatable bonds is 5. The van der Waals surface area contributed by atoms with Crippen molar-refractivity contribution < 1.29 is 23.6 Å².